The molecular formula is C13H13N3O3S. The van der Waals surface area contributed by atoms with Gasteiger partial charge in [-0.15, -0.1) is 0 Å². The van der Waals surface area contributed by atoms with Crippen LogP contribution in [-0.4, -0.2) is 24.4 Å². The molecule has 6 nitrogen and oxygen atoms in total. The molecule has 0 aliphatic heterocycles. The lowest BCUT2D eigenvalue weighted by atomic mass is 10.2. The summed E-state index contributed by atoms with van der Waals surface area (Å²) in [5.74, 6) is -0.184. The molecule has 1 aromatic carbocycles. The molecular weight excluding hydrogens is 278 g/mol. The largest absolute Gasteiger partial charge is 0.295 e. The highest BCUT2D eigenvalue weighted by Gasteiger charge is 2.15. The Morgan fingerprint density at radius 1 is 1.25 bits per heavy atom. The molecule has 2 aromatic rings. The number of aromatic nitrogens is 2. The van der Waals surface area contributed by atoms with Gasteiger partial charge < -0.3 is 0 Å². The fourth-order valence-electron chi connectivity index (χ4n) is 1.56. The minimum absolute atomic E-state index is 0.0421. The molecule has 1 N–H and O–H groups in total. The third-order valence-electron chi connectivity index (χ3n) is 2.62. The minimum atomic E-state index is -3.68. The molecule has 2 rings (SSSR count). The van der Waals surface area contributed by atoms with Gasteiger partial charge in [0.25, 0.3) is 0 Å². The molecule has 0 unspecified atom stereocenters. The van der Waals surface area contributed by atoms with Crippen molar-refractivity contribution in [2.24, 2.45) is 0 Å². The van der Waals surface area contributed by atoms with E-state index >= 15 is 0 Å². The van der Waals surface area contributed by atoms with Crippen molar-refractivity contribution in [3.63, 3.8) is 0 Å². The van der Waals surface area contributed by atoms with Gasteiger partial charge in [-0.05, 0) is 31.2 Å². The highest BCUT2D eigenvalue weighted by Crippen LogP contribution is 2.12. The topological polar surface area (TPSA) is 89.0 Å². The van der Waals surface area contributed by atoms with Crippen molar-refractivity contribution in [1.29, 1.82) is 0 Å². The quantitative estimate of drug-likeness (QED) is 0.835. The molecule has 0 spiro atoms. The second-order valence-corrected chi connectivity index (χ2v) is 5.89. The number of Topliss-reactive ketones (excluding diaryl/α,β-unsaturated/α-hetero) is 1. The van der Waals surface area contributed by atoms with Crippen LogP contribution < -0.4 is 4.72 Å². The monoisotopic (exact) mass is 291 g/mol. The van der Waals surface area contributed by atoms with E-state index in [-0.39, 0.29) is 17.2 Å². The number of nitrogens with one attached hydrogen (secondary N) is 1. The van der Waals surface area contributed by atoms with Crippen LogP contribution in [0.1, 0.15) is 23.0 Å². The molecule has 20 heavy (non-hydrogen) atoms. The molecule has 0 fully saturated rings. The number of nitrogens with zero attached hydrogens (tertiary/aromatic N) is 2. The Bertz CT molecular complexity index is 715. The normalized spacial score (nSPS) is 11.2. The average molecular weight is 291 g/mol. The molecule has 7 heteroatoms. The van der Waals surface area contributed by atoms with Crippen molar-refractivity contribution in [2.45, 2.75) is 18.4 Å². The maximum absolute atomic E-state index is 12.1. The summed E-state index contributed by atoms with van der Waals surface area (Å²) in [6.45, 7) is 1.43. The highest BCUT2D eigenvalue weighted by molar-refractivity contribution is 7.89. The molecule has 1 aromatic heterocycles. The summed E-state index contributed by atoms with van der Waals surface area (Å²) in [6, 6.07) is 9.24. The lowest BCUT2D eigenvalue weighted by Crippen LogP contribution is -2.24. The van der Waals surface area contributed by atoms with Crippen LogP contribution in [-0.2, 0) is 16.6 Å². The molecule has 0 atom stereocenters. The fourth-order valence-corrected chi connectivity index (χ4v) is 2.61. The zero-order chi connectivity index (χ0) is 14.6. The first-order chi connectivity index (χ1) is 9.49. The molecule has 0 saturated carbocycles. The Kier molecular flexibility index (Phi) is 4.21. The summed E-state index contributed by atoms with van der Waals surface area (Å²) in [7, 11) is -3.68. The van der Waals surface area contributed by atoms with E-state index < -0.39 is 10.0 Å². The molecule has 0 aliphatic rings. The SMILES string of the molecule is CC(=O)c1cccc(S(=O)(=O)NCc2cccnn2)c1. The molecule has 0 amide bonds. The van der Waals surface area contributed by atoms with E-state index in [4.69, 9.17) is 0 Å². The van der Waals surface area contributed by atoms with Crippen LogP contribution in [0.4, 0.5) is 0 Å². The van der Waals surface area contributed by atoms with Gasteiger partial charge in [-0.3, -0.25) is 4.79 Å². The Hall–Kier alpha value is -2.12. The number of hydrogen-bond donors (Lipinski definition) is 1. The third kappa shape index (κ3) is 3.46. The van der Waals surface area contributed by atoms with E-state index in [1.807, 2.05) is 0 Å². The van der Waals surface area contributed by atoms with Gasteiger partial charge in [0.2, 0.25) is 10.0 Å². The van der Waals surface area contributed by atoms with Crippen molar-refractivity contribution < 1.29 is 13.2 Å². The minimum Gasteiger partial charge on any atom is -0.295 e. The van der Waals surface area contributed by atoms with Crippen molar-refractivity contribution in [2.75, 3.05) is 0 Å². The fraction of sp³-hybridized carbons (Fsp3) is 0.154. The first-order valence-corrected chi connectivity index (χ1v) is 7.34. The van der Waals surface area contributed by atoms with Crippen LogP contribution in [0.2, 0.25) is 0 Å². The maximum Gasteiger partial charge on any atom is 0.240 e. The van der Waals surface area contributed by atoms with Gasteiger partial charge in [-0.2, -0.15) is 10.2 Å². The van der Waals surface area contributed by atoms with Gasteiger partial charge in [-0.1, -0.05) is 12.1 Å². The van der Waals surface area contributed by atoms with Crippen LogP contribution in [0.15, 0.2) is 47.5 Å². The van der Waals surface area contributed by atoms with Gasteiger partial charge >= 0.3 is 0 Å². The summed E-state index contributed by atoms with van der Waals surface area (Å²) >= 11 is 0. The Morgan fingerprint density at radius 2 is 2.05 bits per heavy atom. The zero-order valence-electron chi connectivity index (χ0n) is 10.8. The molecule has 0 aliphatic carbocycles. The van der Waals surface area contributed by atoms with Crippen LogP contribution in [0.3, 0.4) is 0 Å². The third-order valence-corrected chi connectivity index (χ3v) is 4.02. The number of hydrogen-bond acceptors (Lipinski definition) is 5. The second-order valence-electron chi connectivity index (χ2n) is 4.12. The number of ketones is 1. The van der Waals surface area contributed by atoms with E-state index in [1.165, 1.54) is 31.3 Å². The predicted octanol–water partition coefficient (Wildman–Crippen LogP) is 1.16. The smallest absolute Gasteiger partial charge is 0.240 e. The highest BCUT2D eigenvalue weighted by atomic mass is 32.2. The Balaban J connectivity index is 2.18. The van der Waals surface area contributed by atoms with E-state index in [1.54, 1.807) is 18.2 Å². The van der Waals surface area contributed by atoms with E-state index in [0.717, 1.165) is 0 Å². The van der Waals surface area contributed by atoms with Crippen LogP contribution in [0, 0.1) is 0 Å². The molecule has 0 saturated heterocycles. The summed E-state index contributed by atoms with van der Waals surface area (Å²) in [6.07, 6.45) is 1.51. The van der Waals surface area contributed by atoms with Gasteiger partial charge in [0.15, 0.2) is 5.78 Å². The van der Waals surface area contributed by atoms with E-state index in [2.05, 4.69) is 14.9 Å². The van der Waals surface area contributed by atoms with Crippen molar-refractivity contribution in [1.82, 2.24) is 14.9 Å². The van der Waals surface area contributed by atoms with Crippen molar-refractivity contribution >= 4 is 15.8 Å². The molecule has 0 bridgehead atoms. The number of carbonyl (C=O) groups excluding carboxylic acids is 1. The summed E-state index contributed by atoms with van der Waals surface area (Å²) in [5, 5.41) is 7.46. The number of carbonyl (C=O) groups is 1. The summed E-state index contributed by atoms with van der Waals surface area (Å²) in [4.78, 5) is 11.3. The second kappa shape index (κ2) is 5.89. The number of rotatable bonds is 5. The molecule has 104 valence electrons. The summed E-state index contributed by atoms with van der Waals surface area (Å²) in [5.41, 5.74) is 0.867. The van der Waals surface area contributed by atoms with Crippen molar-refractivity contribution in [3.8, 4) is 0 Å². The lowest BCUT2D eigenvalue weighted by molar-refractivity contribution is 0.101. The van der Waals surface area contributed by atoms with E-state index in [0.29, 0.717) is 11.3 Å². The Morgan fingerprint density at radius 3 is 2.70 bits per heavy atom. The van der Waals surface area contributed by atoms with Gasteiger partial charge in [0, 0.05) is 11.8 Å². The zero-order valence-corrected chi connectivity index (χ0v) is 11.6. The van der Waals surface area contributed by atoms with Crippen LogP contribution in [0.25, 0.3) is 0 Å². The first-order valence-electron chi connectivity index (χ1n) is 5.86. The number of benzene rings is 1. The standard InChI is InChI=1S/C13H13N3O3S/c1-10(17)11-4-2-6-13(8-11)20(18,19)15-9-12-5-3-7-14-16-12/h2-8,15H,9H2,1H3. The first kappa shape index (κ1) is 14.3. The van der Waals surface area contributed by atoms with Gasteiger partial charge in [-0.25, -0.2) is 13.1 Å². The molecule has 1 heterocycles. The van der Waals surface area contributed by atoms with E-state index in [9.17, 15) is 13.2 Å². The number of sulfonamides is 1. The Labute approximate surface area is 116 Å². The average Bonchev–Trinajstić information content (AvgIpc) is 2.46. The lowest BCUT2D eigenvalue weighted by Gasteiger charge is -2.07. The predicted molar refractivity (Wildman–Crippen MR) is 72.5 cm³/mol. The van der Waals surface area contributed by atoms with Crippen molar-refractivity contribution in [3.05, 3.63) is 53.9 Å². The van der Waals surface area contributed by atoms with Crippen LogP contribution in [0.5, 0.6) is 0 Å². The summed E-state index contributed by atoms with van der Waals surface area (Å²) < 4.78 is 26.6. The van der Waals surface area contributed by atoms with Crippen LogP contribution >= 0.6 is 0 Å². The maximum atomic E-state index is 12.1. The van der Waals surface area contributed by atoms with Gasteiger partial charge in [0.05, 0.1) is 17.1 Å². The van der Waals surface area contributed by atoms with Gasteiger partial charge in [0.1, 0.15) is 0 Å². The molecule has 0 radical (unpaired) electrons.